The Morgan fingerprint density at radius 3 is 2.54 bits per heavy atom. The summed E-state index contributed by atoms with van der Waals surface area (Å²) in [5.41, 5.74) is 1.60. The number of rotatable bonds is 2. The van der Waals surface area contributed by atoms with Gasteiger partial charge in [-0.1, -0.05) is 30.3 Å². The van der Waals surface area contributed by atoms with Crippen molar-refractivity contribution in [2.45, 2.75) is 19.3 Å². The van der Waals surface area contributed by atoms with Crippen molar-refractivity contribution < 1.29 is 0 Å². The number of hydrogen-bond donors (Lipinski definition) is 0. The molecule has 0 aliphatic rings. The van der Waals surface area contributed by atoms with Crippen LogP contribution in [-0.2, 0) is 5.41 Å². The Balaban J connectivity index is 3.30. The molecular formula is C12H13N. The largest absolute Gasteiger partial charge is 0.197 e. The van der Waals surface area contributed by atoms with Crippen molar-refractivity contribution in [1.82, 2.24) is 0 Å². The van der Waals surface area contributed by atoms with Crippen LogP contribution in [0.5, 0.6) is 0 Å². The van der Waals surface area contributed by atoms with Gasteiger partial charge in [0.05, 0.1) is 11.5 Å². The number of nitriles is 1. The molecule has 1 aromatic rings. The zero-order chi connectivity index (χ0) is 9.90. The normalized spacial score (nSPS) is 14.2. The molecule has 0 bridgehead atoms. The van der Waals surface area contributed by atoms with Gasteiger partial charge in [0.2, 0.25) is 0 Å². The maximum absolute atomic E-state index is 9.04. The van der Waals surface area contributed by atoms with Crippen LogP contribution in [0.3, 0.4) is 0 Å². The topological polar surface area (TPSA) is 23.8 Å². The first kappa shape index (κ1) is 9.54. The molecule has 0 saturated carbocycles. The van der Waals surface area contributed by atoms with Gasteiger partial charge >= 0.3 is 0 Å². The highest BCUT2D eigenvalue weighted by Crippen LogP contribution is 2.26. The molecule has 0 radical (unpaired) electrons. The number of nitrogens with zero attached hydrogens (tertiary/aromatic N) is 1. The zero-order valence-corrected chi connectivity index (χ0v) is 8.04. The molecule has 66 valence electrons. The van der Waals surface area contributed by atoms with Crippen molar-refractivity contribution >= 4 is 0 Å². The molecule has 1 heteroatoms. The lowest BCUT2D eigenvalue weighted by Crippen LogP contribution is -2.16. The summed E-state index contributed by atoms with van der Waals surface area (Å²) in [4.78, 5) is 0. The first-order valence-electron chi connectivity index (χ1n) is 4.25. The third kappa shape index (κ3) is 1.62. The summed E-state index contributed by atoms with van der Waals surface area (Å²) >= 11 is 0. The van der Waals surface area contributed by atoms with Crippen LogP contribution >= 0.6 is 0 Å². The molecule has 0 aromatic heterocycles. The van der Waals surface area contributed by atoms with E-state index in [1.165, 1.54) is 0 Å². The lowest BCUT2D eigenvalue weighted by atomic mass is 9.82. The van der Waals surface area contributed by atoms with Crippen LogP contribution in [-0.4, -0.2) is 0 Å². The van der Waals surface area contributed by atoms with Crippen LogP contribution in [0, 0.1) is 18.3 Å². The molecule has 13 heavy (non-hydrogen) atoms. The highest BCUT2D eigenvalue weighted by Gasteiger charge is 2.23. The van der Waals surface area contributed by atoms with Gasteiger partial charge in [-0.3, -0.25) is 0 Å². The summed E-state index contributed by atoms with van der Waals surface area (Å²) in [5, 5.41) is 9.04. The number of allylic oxidation sites excluding steroid dienone is 1. The average Bonchev–Trinajstić information content (AvgIpc) is 2.17. The highest BCUT2D eigenvalue weighted by atomic mass is 14.3. The quantitative estimate of drug-likeness (QED) is 0.627. The SMILES string of the molecule is C=CC(C)(C#N)c1ccccc1C. The van der Waals surface area contributed by atoms with Gasteiger partial charge in [-0.2, -0.15) is 5.26 Å². The van der Waals surface area contributed by atoms with E-state index < -0.39 is 5.41 Å². The molecular weight excluding hydrogens is 158 g/mol. The van der Waals surface area contributed by atoms with Crippen LogP contribution in [0.4, 0.5) is 0 Å². The summed E-state index contributed by atoms with van der Waals surface area (Å²) in [6.07, 6.45) is 1.69. The fourth-order valence-electron chi connectivity index (χ4n) is 1.37. The molecule has 1 rings (SSSR count). The third-order valence-corrected chi connectivity index (χ3v) is 2.35. The number of hydrogen-bond acceptors (Lipinski definition) is 1. The van der Waals surface area contributed by atoms with Crippen LogP contribution in [0.2, 0.25) is 0 Å². The van der Waals surface area contributed by atoms with Crippen LogP contribution in [0.1, 0.15) is 18.1 Å². The van der Waals surface area contributed by atoms with Crippen LogP contribution < -0.4 is 0 Å². The number of aryl methyl sites for hydroxylation is 1. The smallest absolute Gasteiger partial charge is 0.0974 e. The summed E-state index contributed by atoms with van der Waals surface area (Å²) in [6.45, 7) is 7.58. The van der Waals surface area contributed by atoms with E-state index in [9.17, 15) is 0 Å². The molecule has 0 aliphatic heterocycles. The third-order valence-electron chi connectivity index (χ3n) is 2.35. The maximum atomic E-state index is 9.04. The summed E-state index contributed by atoms with van der Waals surface area (Å²) in [7, 11) is 0. The molecule has 0 heterocycles. The molecule has 0 N–H and O–H groups in total. The molecule has 1 nitrogen and oxygen atoms in total. The molecule has 0 saturated heterocycles. The van der Waals surface area contributed by atoms with E-state index in [2.05, 4.69) is 12.6 Å². The van der Waals surface area contributed by atoms with Gasteiger partial charge in [-0.25, -0.2) is 0 Å². The Morgan fingerprint density at radius 2 is 2.08 bits per heavy atom. The molecule has 1 atom stereocenters. The Kier molecular flexibility index (Phi) is 2.53. The van der Waals surface area contributed by atoms with Gasteiger partial charge in [-0.15, -0.1) is 6.58 Å². The predicted octanol–water partition coefficient (Wildman–Crippen LogP) is 2.96. The monoisotopic (exact) mass is 171 g/mol. The molecule has 0 fully saturated rings. The fourth-order valence-corrected chi connectivity index (χ4v) is 1.37. The van der Waals surface area contributed by atoms with Crippen molar-refractivity contribution in [1.29, 1.82) is 5.26 Å². The lowest BCUT2D eigenvalue weighted by molar-refractivity contribution is 0.769. The predicted molar refractivity (Wildman–Crippen MR) is 54.3 cm³/mol. The van der Waals surface area contributed by atoms with Gasteiger partial charge in [0, 0.05) is 0 Å². The highest BCUT2D eigenvalue weighted by molar-refractivity contribution is 5.41. The maximum Gasteiger partial charge on any atom is 0.0974 e. The van der Waals surface area contributed by atoms with Crippen LogP contribution in [0.15, 0.2) is 36.9 Å². The van der Waals surface area contributed by atoms with Gasteiger partial charge in [0.1, 0.15) is 0 Å². The fraction of sp³-hybridized carbons (Fsp3) is 0.250. The first-order chi connectivity index (χ1) is 6.14. The second-order valence-electron chi connectivity index (χ2n) is 3.33. The summed E-state index contributed by atoms with van der Waals surface area (Å²) in [5.74, 6) is 0. The molecule has 0 aliphatic carbocycles. The van der Waals surface area contributed by atoms with Gasteiger partial charge in [0.25, 0.3) is 0 Å². The summed E-state index contributed by atoms with van der Waals surface area (Å²) in [6, 6.07) is 10.2. The van der Waals surface area contributed by atoms with Crippen LogP contribution in [0.25, 0.3) is 0 Å². The van der Waals surface area contributed by atoms with Crippen molar-refractivity contribution in [3.63, 3.8) is 0 Å². The van der Waals surface area contributed by atoms with Gasteiger partial charge in [-0.05, 0) is 25.0 Å². The minimum atomic E-state index is -0.564. The van der Waals surface area contributed by atoms with Crippen molar-refractivity contribution in [3.05, 3.63) is 48.0 Å². The van der Waals surface area contributed by atoms with E-state index in [0.717, 1.165) is 11.1 Å². The molecule has 1 aromatic carbocycles. The Hall–Kier alpha value is -1.55. The Labute approximate surface area is 79.3 Å². The summed E-state index contributed by atoms with van der Waals surface area (Å²) < 4.78 is 0. The molecule has 0 spiro atoms. The van der Waals surface area contributed by atoms with E-state index in [0.29, 0.717) is 0 Å². The molecule has 0 amide bonds. The van der Waals surface area contributed by atoms with Crippen molar-refractivity contribution in [2.24, 2.45) is 0 Å². The van der Waals surface area contributed by atoms with Crippen molar-refractivity contribution in [3.8, 4) is 6.07 Å². The van der Waals surface area contributed by atoms with Gasteiger partial charge in [0.15, 0.2) is 0 Å². The second-order valence-corrected chi connectivity index (χ2v) is 3.33. The van der Waals surface area contributed by atoms with E-state index in [1.807, 2.05) is 38.1 Å². The minimum Gasteiger partial charge on any atom is -0.197 e. The second kappa shape index (κ2) is 3.45. The standard InChI is InChI=1S/C12H13N/c1-4-12(3,9-13)11-8-6-5-7-10(11)2/h4-8H,1H2,2-3H3. The van der Waals surface area contributed by atoms with E-state index >= 15 is 0 Å². The van der Waals surface area contributed by atoms with E-state index in [-0.39, 0.29) is 0 Å². The zero-order valence-electron chi connectivity index (χ0n) is 8.04. The average molecular weight is 171 g/mol. The molecule has 1 unspecified atom stereocenters. The lowest BCUT2D eigenvalue weighted by Gasteiger charge is -2.19. The first-order valence-corrected chi connectivity index (χ1v) is 4.25. The van der Waals surface area contributed by atoms with E-state index in [4.69, 9.17) is 5.26 Å². The van der Waals surface area contributed by atoms with Crippen molar-refractivity contribution in [2.75, 3.05) is 0 Å². The number of benzene rings is 1. The Bertz CT molecular complexity index is 360. The van der Waals surface area contributed by atoms with E-state index in [1.54, 1.807) is 6.08 Å². The Morgan fingerprint density at radius 1 is 1.46 bits per heavy atom. The minimum absolute atomic E-state index is 0.564. The van der Waals surface area contributed by atoms with Gasteiger partial charge < -0.3 is 0 Å².